The highest BCUT2D eigenvalue weighted by Crippen LogP contribution is 2.56. The molecule has 11 heteroatoms. The Kier molecular flexibility index (Phi) is 8.45. The zero-order valence-corrected chi connectivity index (χ0v) is 15.2. The van der Waals surface area contributed by atoms with Gasteiger partial charge in [0.2, 0.25) is 0 Å². The van der Waals surface area contributed by atoms with Crippen LogP contribution in [0.2, 0.25) is 0 Å². The van der Waals surface area contributed by atoms with Crippen LogP contribution in [0.5, 0.6) is 0 Å². The second kappa shape index (κ2) is 9.60. The number of Topliss-reactive ketones (excluding diaryl/α,β-unsaturated/α-hetero) is 1. The molecule has 1 heterocycles. The SMILES string of the molecule is CC(C)(CCOCN(CO)S(F)(F)F)OC(=O)N1CCCC(=O)CC1. The Labute approximate surface area is 147 Å². The molecule has 148 valence electrons. The van der Waals surface area contributed by atoms with E-state index in [4.69, 9.17) is 14.6 Å². The fourth-order valence-electron chi connectivity index (χ4n) is 2.15. The van der Waals surface area contributed by atoms with Crippen LogP contribution in [0.4, 0.5) is 16.5 Å². The summed E-state index contributed by atoms with van der Waals surface area (Å²) in [6.07, 6.45) is 0.988. The Bertz CT molecular complexity index is 462. The highest BCUT2D eigenvalue weighted by molar-refractivity contribution is 8.18. The maximum Gasteiger partial charge on any atom is 0.410 e. The first kappa shape index (κ1) is 22.0. The van der Waals surface area contributed by atoms with Gasteiger partial charge in [-0.05, 0) is 20.3 Å². The number of likely N-dealkylation sites (tertiary alicyclic amines) is 1. The van der Waals surface area contributed by atoms with E-state index >= 15 is 0 Å². The van der Waals surface area contributed by atoms with Crippen molar-refractivity contribution in [1.29, 1.82) is 0 Å². The molecule has 1 amide bonds. The van der Waals surface area contributed by atoms with Gasteiger partial charge in [-0.25, -0.2) is 4.79 Å². The van der Waals surface area contributed by atoms with E-state index in [1.807, 2.05) is 0 Å². The summed E-state index contributed by atoms with van der Waals surface area (Å²) in [7, 11) is 0. The molecule has 1 N–H and O–H groups in total. The largest absolute Gasteiger partial charge is 0.443 e. The molecule has 1 fully saturated rings. The molecular weight excluding hydrogens is 365 g/mol. The molecule has 0 unspecified atom stereocenters. The van der Waals surface area contributed by atoms with Gasteiger partial charge in [0.25, 0.3) is 11.4 Å². The van der Waals surface area contributed by atoms with Crippen molar-refractivity contribution in [2.75, 3.05) is 33.2 Å². The van der Waals surface area contributed by atoms with Crippen molar-refractivity contribution >= 4 is 23.2 Å². The number of rotatable bonds is 8. The number of nitrogens with zero attached hydrogens (tertiary/aromatic N) is 2. The van der Waals surface area contributed by atoms with Crippen molar-refractivity contribution in [2.24, 2.45) is 0 Å². The average molecular weight is 390 g/mol. The van der Waals surface area contributed by atoms with E-state index in [1.54, 1.807) is 13.8 Å². The van der Waals surface area contributed by atoms with Gasteiger partial charge in [0.05, 0.1) is 6.61 Å². The van der Waals surface area contributed by atoms with Gasteiger partial charge in [-0.2, -0.15) is 0 Å². The molecule has 0 aliphatic carbocycles. The molecule has 0 saturated carbocycles. The summed E-state index contributed by atoms with van der Waals surface area (Å²) in [5.74, 6) is 0.114. The number of amides is 1. The van der Waals surface area contributed by atoms with Gasteiger partial charge >= 0.3 is 6.09 Å². The van der Waals surface area contributed by atoms with Crippen LogP contribution in [-0.2, 0) is 14.3 Å². The maximum absolute atomic E-state index is 12.5. The van der Waals surface area contributed by atoms with Gasteiger partial charge in [0.1, 0.15) is 24.8 Å². The van der Waals surface area contributed by atoms with Gasteiger partial charge in [-0.15, -0.1) is 16.0 Å². The van der Waals surface area contributed by atoms with E-state index in [1.165, 1.54) is 4.90 Å². The number of aliphatic hydroxyl groups is 1. The molecule has 0 aromatic heterocycles. The lowest BCUT2D eigenvalue weighted by atomic mass is 10.1. The first-order valence-corrected chi connectivity index (χ1v) is 9.20. The number of carbonyl (C=O) groups excluding carboxylic acids is 2. The lowest BCUT2D eigenvalue weighted by Crippen LogP contribution is -2.39. The molecule has 7 nitrogen and oxygen atoms in total. The highest BCUT2D eigenvalue weighted by Gasteiger charge is 2.31. The molecule has 1 rings (SSSR count). The summed E-state index contributed by atoms with van der Waals surface area (Å²) in [4.78, 5) is 25.0. The summed E-state index contributed by atoms with van der Waals surface area (Å²) in [6.45, 7) is 2.02. The second-order valence-corrected chi connectivity index (χ2v) is 7.58. The third kappa shape index (κ3) is 8.25. The predicted octanol–water partition coefficient (Wildman–Crippen LogP) is 2.95. The molecule has 0 aromatic carbocycles. The van der Waals surface area contributed by atoms with Crippen molar-refractivity contribution < 1.29 is 35.8 Å². The smallest absolute Gasteiger partial charge is 0.410 e. The van der Waals surface area contributed by atoms with Crippen molar-refractivity contribution in [3.8, 4) is 0 Å². The van der Waals surface area contributed by atoms with Gasteiger partial charge in [-0.3, -0.25) is 4.79 Å². The van der Waals surface area contributed by atoms with E-state index < -0.39 is 36.5 Å². The number of carbonyl (C=O) groups is 2. The minimum Gasteiger partial charge on any atom is -0.443 e. The lowest BCUT2D eigenvalue weighted by molar-refractivity contribution is -0.118. The number of aliphatic hydroxyl groups excluding tert-OH is 1. The third-order valence-corrected chi connectivity index (χ3v) is 4.51. The average Bonchev–Trinajstić information content (AvgIpc) is 2.70. The van der Waals surface area contributed by atoms with Gasteiger partial charge in [0.15, 0.2) is 0 Å². The third-order valence-electron chi connectivity index (χ3n) is 3.70. The number of halogens is 3. The summed E-state index contributed by atoms with van der Waals surface area (Å²) >= 11 is -5.53. The number of ether oxygens (including phenoxy) is 2. The molecule has 1 saturated heterocycles. The molecule has 0 radical (unpaired) electrons. The van der Waals surface area contributed by atoms with Crippen LogP contribution in [0, 0.1) is 0 Å². The lowest BCUT2D eigenvalue weighted by Gasteiger charge is -2.30. The van der Waals surface area contributed by atoms with Crippen molar-refractivity contribution in [2.45, 2.75) is 45.1 Å². The van der Waals surface area contributed by atoms with Crippen LogP contribution in [0.3, 0.4) is 0 Å². The summed E-state index contributed by atoms with van der Waals surface area (Å²) < 4.78 is 47.7. The molecule has 1 aliphatic rings. The van der Waals surface area contributed by atoms with Crippen LogP contribution in [0.15, 0.2) is 0 Å². The fourth-order valence-corrected chi connectivity index (χ4v) is 2.47. The summed E-state index contributed by atoms with van der Waals surface area (Å²) in [5, 5.41) is 8.67. The van der Waals surface area contributed by atoms with E-state index in [9.17, 15) is 21.2 Å². The first-order chi connectivity index (χ1) is 11.5. The van der Waals surface area contributed by atoms with E-state index in [0.717, 1.165) is 0 Å². The Balaban J connectivity index is 2.37. The predicted molar refractivity (Wildman–Crippen MR) is 86.3 cm³/mol. The standard InChI is InChI=1S/C14H25F3N2O5S/c1-14(2,6-9-23-11-19(10-20)25(15,16)17)24-13(22)18-7-3-4-12(21)5-8-18/h20H,3-11H2,1-2H3. The van der Waals surface area contributed by atoms with Crippen LogP contribution in [-0.4, -0.2) is 64.9 Å². The molecule has 1 aliphatic heterocycles. The number of hydrogen-bond acceptors (Lipinski definition) is 6. The Morgan fingerprint density at radius 1 is 1.32 bits per heavy atom. The Morgan fingerprint density at radius 3 is 2.60 bits per heavy atom. The van der Waals surface area contributed by atoms with Gasteiger partial charge in [0, 0.05) is 32.4 Å². The van der Waals surface area contributed by atoms with Gasteiger partial charge < -0.3 is 19.5 Å². The molecule has 0 bridgehead atoms. The maximum atomic E-state index is 12.5. The van der Waals surface area contributed by atoms with Gasteiger partial charge in [-0.1, -0.05) is 0 Å². The fraction of sp³-hybridized carbons (Fsp3) is 0.857. The van der Waals surface area contributed by atoms with E-state index in [0.29, 0.717) is 32.4 Å². The normalized spacial score (nSPS) is 17.6. The van der Waals surface area contributed by atoms with Crippen LogP contribution in [0.1, 0.15) is 39.5 Å². The van der Waals surface area contributed by atoms with Crippen LogP contribution in [0.25, 0.3) is 0 Å². The van der Waals surface area contributed by atoms with Crippen LogP contribution < -0.4 is 0 Å². The number of hydrogen-bond donors (Lipinski definition) is 1. The summed E-state index contributed by atoms with van der Waals surface area (Å²) in [6, 6.07) is 0. The minimum atomic E-state index is -5.53. The second-order valence-electron chi connectivity index (χ2n) is 6.30. The minimum absolute atomic E-state index is 0.0647. The highest BCUT2D eigenvalue weighted by atomic mass is 32.3. The molecule has 0 spiro atoms. The van der Waals surface area contributed by atoms with E-state index in [-0.39, 0.29) is 23.1 Å². The molecule has 0 aromatic rings. The summed E-state index contributed by atoms with van der Waals surface area (Å²) in [5.41, 5.74) is -0.928. The molecule has 0 atom stereocenters. The molecular formula is C14H25F3N2O5S. The quantitative estimate of drug-likeness (QED) is 0.507. The Hall–Kier alpha value is -1.04. The van der Waals surface area contributed by atoms with Crippen LogP contribution >= 0.6 is 11.4 Å². The topological polar surface area (TPSA) is 79.3 Å². The number of ketones is 1. The zero-order valence-electron chi connectivity index (χ0n) is 14.4. The first-order valence-electron chi connectivity index (χ1n) is 7.90. The molecule has 25 heavy (non-hydrogen) atoms. The Morgan fingerprint density at radius 2 is 2.00 bits per heavy atom. The van der Waals surface area contributed by atoms with E-state index in [2.05, 4.69) is 0 Å². The monoisotopic (exact) mass is 390 g/mol. The van der Waals surface area contributed by atoms with Crippen molar-refractivity contribution in [3.63, 3.8) is 0 Å². The van der Waals surface area contributed by atoms with Crippen molar-refractivity contribution in [1.82, 2.24) is 9.21 Å². The van der Waals surface area contributed by atoms with Crippen molar-refractivity contribution in [3.05, 3.63) is 0 Å². The zero-order chi connectivity index (χ0) is 19.1.